The third-order valence-electron chi connectivity index (χ3n) is 3.23. The van der Waals surface area contributed by atoms with Crippen LogP contribution in [-0.2, 0) is 22.7 Å². The first-order chi connectivity index (χ1) is 11.2. The van der Waals surface area contributed by atoms with Crippen LogP contribution >= 0.6 is 0 Å². The molecule has 1 atom stereocenters. The predicted octanol–water partition coefficient (Wildman–Crippen LogP) is 1.11. The number of hydrogen-bond acceptors (Lipinski definition) is 7. The smallest absolute Gasteiger partial charge is 0.306 e. The molecule has 2 aromatic rings. The van der Waals surface area contributed by atoms with Gasteiger partial charge in [0.1, 0.15) is 6.61 Å². The minimum Gasteiger partial charge on any atom is -0.461 e. The normalized spacial score (nSPS) is 11.7. The molecule has 1 heterocycles. The van der Waals surface area contributed by atoms with Crippen molar-refractivity contribution in [2.45, 2.75) is 38.5 Å². The minimum atomic E-state index is -0.479. The van der Waals surface area contributed by atoms with Gasteiger partial charge in [-0.05, 0) is 22.4 Å². The van der Waals surface area contributed by atoms with Crippen molar-refractivity contribution in [1.82, 2.24) is 20.2 Å². The third-order valence-corrected chi connectivity index (χ3v) is 3.23. The van der Waals surface area contributed by atoms with Crippen LogP contribution in [0.1, 0.15) is 36.7 Å². The van der Waals surface area contributed by atoms with Gasteiger partial charge in [-0.3, -0.25) is 4.79 Å². The van der Waals surface area contributed by atoms with E-state index in [1.54, 1.807) is 0 Å². The molecule has 0 amide bonds. The van der Waals surface area contributed by atoms with Crippen molar-refractivity contribution in [1.29, 1.82) is 5.26 Å². The van der Waals surface area contributed by atoms with Gasteiger partial charge in [-0.1, -0.05) is 30.3 Å². The van der Waals surface area contributed by atoms with E-state index >= 15 is 0 Å². The van der Waals surface area contributed by atoms with Crippen molar-refractivity contribution < 1.29 is 9.53 Å². The number of tetrazole rings is 1. The molecule has 0 aliphatic heterocycles. The first kappa shape index (κ1) is 16.6. The molecule has 1 aromatic carbocycles. The number of carbonyl (C=O) groups is 1. The number of ether oxygens (including phenoxy) is 1. The van der Waals surface area contributed by atoms with Gasteiger partial charge >= 0.3 is 5.97 Å². The van der Waals surface area contributed by atoms with Gasteiger partial charge in [-0.2, -0.15) is 5.26 Å². The largest absolute Gasteiger partial charge is 0.461 e. The molecule has 2 N–H and O–H groups in total. The van der Waals surface area contributed by atoms with Crippen molar-refractivity contribution in [2.24, 2.45) is 5.73 Å². The Morgan fingerprint density at radius 1 is 1.39 bits per heavy atom. The number of esters is 1. The molecular formula is C15H18N6O2. The molecule has 0 radical (unpaired) electrons. The molecular weight excluding hydrogens is 296 g/mol. The summed E-state index contributed by atoms with van der Waals surface area (Å²) in [7, 11) is 0. The van der Waals surface area contributed by atoms with E-state index in [1.807, 2.05) is 36.4 Å². The summed E-state index contributed by atoms with van der Waals surface area (Å²) in [6.45, 7) is 0.625. The standard InChI is InChI=1S/C15H18N6O2/c16-9-4-10-21-15(18-19-20-21)13(17)7-8-14(22)23-11-12-5-2-1-3-6-12/h1-3,5-6,13H,4,7-8,10-11,17H2/t13-/m0/s1. The molecule has 0 aliphatic rings. The summed E-state index contributed by atoms with van der Waals surface area (Å²) >= 11 is 0. The van der Waals surface area contributed by atoms with Crippen molar-refractivity contribution in [3.63, 3.8) is 0 Å². The Morgan fingerprint density at radius 3 is 2.91 bits per heavy atom. The zero-order chi connectivity index (χ0) is 16.5. The summed E-state index contributed by atoms with van der Waals surface area (Å²) in [5.74, 6) is 0.150. The van der Waals surface area contributed by atoms with Gasteiger partial charge in [0.25, 0.3) is 0 Å². The van der Waals surface area contributed by atoms with E-state index in [1.165, 1.54) is 4.68 Å². The fourth-order valence-electron chi connectivity index (χ4n) is 2.00. The van der Waals surface area contributed by atoms with Gasteiger partial charge in [-0.15, -0.1) is 5.10 Å². The number of nitrogens with zero attached hydrogens (tertiary/aromatic N) is 5. The second-order valence-corrected chi connectivity index (χ2v) is 4.96. The monoisotopic (exact) mass is 314 g/mol. The van der Waals surface area contributed by atoms with Gasteiger partial charge in [0.15, 0.2) is 5.82 Å². The number of nitriles is 1. The van der Waals surface area contributed by atoms with E-state index in [-0.39, 0.29) is 19.0 Å². The molecule has 0 saturated heterocycles. The Balaban J connectivity index is 1.77. The molecule has 0 unspecified atom stereocenters. The number of carbonyl (C=O) groups excluding carboxylic acids is 1. The summed E-state index contributed by atoms with van der Waals surface area (Å²) in [5.41, 5.74) is 6.95. The van der Waals surface area contributed by atoms with Crippen LogP contribution in [0.25, 0.3) is 0 Å². The Hall–Kier alpha value is -2.79. The molecule has 8 heteroatoms. The van der Waals surface area contributed by atoms with E-state index < -0.39 is 6.04 Å². The van der Waals surface area contributed by atoms with E-state index in [0.717, 1.165) is 5.56 Å². The molecule has 2 rings (SSSR count). The van der Waals surface area contributed by atoms with E-state index in [2.05, 4.69) is 15.5 Å². The number of rotatable bonds is 8. The lowest BCUT2D eigenvalue weighted by atomic mass is 10.1. The van der Waals surface area contributed by atoms with Crippen molar-refractivity contribution in [2.75, 3.05) is 0 Å². The van der Waals surface area contributed by atoms with E-state index in [9.17, 15) is 4.79 Å². The molecule has 23 heavy (non-hydrogen) atoms. The summed E-state index contributed by atoms with van der Waals surface area (Å²) in [6.07, 6.45) is 0.851. The lowest BCUT2D eigenvalue weighted by molar-refractivity contribution is -0.145. The molecule has 120 valence electrons. The highest BCUT2D eigenvalue weighted by molar-refractivity contribution is 5.69. The topological polar surface area (TPSA) is 120 Å². The lowest BCUT2D eigenvalue weighted by Gasteiger charge is -2.10. The molecule has 0 fully saturated rings. The van der Waals surface area contributed by atoms with E-state index in [4.69, 9.17) is 15.7 Å². The number of aryl methyl sites for hydroxylation is 1. The van der Waals surface area contributed by atoms with Crippen molar-refractivity contribution in [3.8, 4) is 6.07 Å². The summed E-state index contributed by atoms with van der Waals surface area (Å²) in [5, 5.41) is 19.8. The highest BCUT2D eigenvalue weighted by Crippen LogP contribution is 2.13. The van der Waals surface area contributed by atoms with E-state index in [0.29, 0.717) is 25.2 Å². The van der Waals surface area contributed by atoms with Gasteiger partial charge in [0.05, 0.1) is 25.1 Å². The molecule has 0 saturated carbocycles. The maximum absolute atomic E-state index is 11.8. The van der Waals surface area contributed by atoms with Gasteiger partial charge < -0.3 is 10.5 Å². The zero-order valence-electron chi connectivity index (χ0n) is 12.6. The maximum atomic E-state index is 11.8. The summed E-state index contributed by atoms with van der Waals surface area (Å²) < 4.78 is 6.68. The van der Waals surface area contributed by atoms with Crippen LogP contribution in [-0.4, -0.2) is 26.2 Å². The highest BCUT2D eigenvalue weighted by Gasteiger charge is 2.16. The maximum Gasteiger partial charge on any atom is 0.306 e. The predicted molar refractivity (Wildman–Crippen MR) is 80.4 cm³/mol. The Bertz CT molecular complexity index is 664. The lowest BCUT2D eigenvalue weighted by Crippen LogP contribution is -2.19. The fourth-order valence-corrected chi connectivity index (χ4v) is 2.00. The SMILES string of the molecule is N#CCCn1nnnc1[C@@H](N)CCC(=O)OCc1ccccc1. The van der Waals surface area contributed by atoms with Crippen LogP contribution < -0.4 is 5.73 Å². The van der Waals surface area contributed by atoms with Gasteiger partial charge in [0.2, 0.25) is 0 Å². The average molecular weight is 314 g/mol. The summed E-state index contributed by atoms with van der Waals surface area (Å²) in [4.78, 5) is 11.8. The van der Waals surface area contributed by atoms with Crippen LogP contribution in [0.4, 0.5) is 0 Å². The average Bonchev–Trinajstić information content (AvgIpc) is 3.05. The first-order valence-corrected chi connectivity index (χ1v) is 7.29. The third kappa shape index (κ3) is 5.16. The molecule has 1 aromatic heterocycles. The Kier molecular flexibility index (Phi) is 6.20. The molecule has 0 bridgehead atoms. The van der Waals surface area contributed by atoms with Gasteiger partial charge in [0, 0.05) is 6.42 Å². The zero-order valence-corrected chi connectivity index (χ0v) is 12.6. The highest BCUT2D eigenvalue weighted by atomic mass is 16.5. The fraction of sp³-hybridized carbons (Fsp3) is 0.400. The van der Waals surface area contributed by atoms with Gasteiger partial charge in [-0.25, -0.2) is 4.68 Å². The number of hydrogen-bond donors (Lipinski definition) is 1. The number of aromatic nitrogens is 4. The first-order valence-electron chi connectivity index (χ1n) is 7.29. The van der Waals surface area contributed by atoms with Crippen molar-refractivity contribution >= 4 is 5.97 Å². The second-order valence-electron chi connectivity index (χ2n) is 4.96. The van der Waals surface area contributed by atoms with Crippen molar-refractivity contribution in [3.05, 3.63) is 41.7 Å². The molecule has 0 spiro atoms. The number of benzene rings is 1. The molecule has 8 nitrogen and oxygen atoms in total. The van der Waals surface area contributed by atoms with Crippen LogP contribution in [0.5, 0.6) is 0 Å². The van der Waals surface area contributed by atoms with Crippen LogP contribution in [0, 0.1) is 11.3 Å². The Morgan fingerprint density at radius 2 is 2.17 bits per heavy atom. The number of nitrogens with two attached hydrogens (primary N) is 1. The van der Waals surface area contributed by atoms with Crippen LogP contribution in [0.2, 0.25) is 0 Å². The van der Waals surface area contributed by atoms with Crippen LogP contribution in [0.3, 0.4) is 0 Å². The van der Waals surface area contributed by atoms with Crippen LogP contribution in [0.15, 0.2) is 30.3 Å². The second kappa shape index (κ2) is 8.60. The molecule has 0 aliphatic carbocycles. The Labute approximate surface area is 133 Å². The minimum absolute atomic E-state index is 0.180. The summed E-state index contributed by atoms with van der Waals surface area (Å²) in [6, 6.07) is 11.0. The quantitative estimate of drug-likeness (QED) is 0.724.